The Hall–Kier alpha value is -3.27. The average Bonchev–Trinajstić information content (AvgIpc) is 2.91. The standard InChI is InChI=1S/C27H30Cl2N4O5/c1-4-38-26(35)23-22(31(2)27(36)30-24(23)20-10-7-18(28)15-21(20)29)16-32-11-13-33(14-12-32)25(34)17-5-8-19(37-3)9-6-17/h5-10,15,24H,4,11-14,16H2,1-3H3,(H,30,36)/t24-/m0/s1. The first-order valence-electron chi connectivity index (χ1n) is 12.3. The van der Waals surface area contributed by atoms with Crippen LogP contribution in [-0.2, 0) is 9.53 Å². The molecule has 2 aliphatic rings. The fourth-order valence-electron chi connectivity index (χ4n) is 4.60. The van der Waals surface area contributed by atoms with E-state index in [0.29, 0.717) is 70.9 Å². The predicted molar refractivity (Wildman–Crippen MR) is 144 cm³/mol. The van der Waals surface area contributed by atoms with Crippen molar-refractivity contribution in [3.63, 3.8) is 0 Å². The van der Waals surface area contributed by atoms with Crippen LogP contribution in [-0.4, -0.2) is 86.1 Å². The maximum Gasteiger partial charge on any atom is 0.338 e. The minimum atomic E-state index is -0.796. The lowest BCUT2D eigenvalue weighted by Gasteiger charge is -2.39. The van der Waals surface area contributed by atoms with Crippen molar-refractivity contribution in [1.82, 2.24) is 20.0 Å². The molecule has 0 unspecified atom stereocenters. The van der Waals surface area contributed by atoms with Crippen LogP contribution < -0.4 is 10.1 Å². The van der Waals surface area contributed by atoms with Crippen LogP contribution in [0.4, 0.5) is 4.79 Å². The van der Waals surface area contributed by atoms with Gasteiger partial charge in [-0.1, -0.05) is 29.3 Å². The van der Waals surface area contributed by atoms with E-state index in [4.69, 9.17) is 32.7 Å². The molecule has 2 aromatic carbocycles. The first-order chi connectivity index (χ1) is 18.2. The summed E-state index contributed by atoms with van der Waals surface area (Å²) in [6.45, 7) is 4.40. The van der Waals surface area contributed by atoms with Gasteiger partial charge in [0.25, 0.3) is 5.91 Å². The number of hydrogen-bond donors (Lipinski definition) is 1. The minimum Gasteiger partial charge on any atom is -0.497 e. The molecule has 1 saturated heterocycles. The van der Waals surface area contributed by atoms with Crippen LogP contribution in [0.25, 0.3) is 0 Å². The molecule has 1 atom stereocenters. The van der Waals surface area contributed by atoms with Crippen molar-refractivity contribution in [2.75, 3.05) is 53.5 Å². The van der Waals surface area contributed by atoms with Gasteiger partial charge in [-0.05, 0) is 48.9 Å². The van der Waals surface area contributed by atoms with Crippen LogP contribution in [0.1, 0.15) is 28.9 Å². The van der Waals surface area contributed by atoms with Crippen LogP contribution in [0.15, 0.2) is 53.7 Å². The van der Waals surface area contributed by atoms with Crippen LogP contribution >= 0.6 is 23.2 Å². The molecule has 2 heterocycles. The molecule has 0 saturated carbocycles. The first kappa shape index (κ1) is 27.8. The summed E-state index contributed by atoms with van der Waals surface area (Å²) in [5, 5.41) is 3.65. The Balaban J connectivity index is 1.56. The van der Waals surface area contributed by atoms with Crippen molar-refractivity contribution in [1.29, 1.82) is 0 Å². The lowest BCUT2D eigenvalue weighted by molar-refractivity contribution is -0.139. The van der Waals surface area contributed by atoms with Gasteiger partial charge in [-0.25, -0.2) is 9.59 Å². The number of carbonyl (C=O) groups excluding carboxylic acids is 3. The summed E-state index contributed by atoms with van der Waals surface area (Å²) in [4.78, 5) is 44.5. The number of piperazine rings is 1. The number of benzene rings is 2. The highest BCUT2D eigenvalue weighted by Gasteiger charge is 2.38. The molecule has 9 nitrogen and oxygen atoms in total. The Morgan fingerprint density at radius 2 is 1.74 bits per heavy atom. The van der Waals surface area contributed by atoms with E-state index in [9.17, 15) is 14.4 Å². The van der Waals surface area contributed by atoms with Gasteiger partial charge < -0.3 is 19.7 Å². The number of likely N-dealkylation sites (N-methyl/N-ethyl adjacent to an activating group) is 1. The lowest BCUT2D eigenvalue weighted by Crippen LogP contribution is -2.53. The third-order valence-corrected chi connectivity index (χ3v) is 7.28. The van der Waals surface area contributed by atoms with Gasteiger partial charge in [0.1, 0.15) is 5.75 Å². The van der Waals surface area contributed by atoms with Crippen molar-refractivity contribution in [3.05, 3.63) is 74.9 Å². The number of esters is 1. The predicted octanol–water partition coefficient (Wildman–Crippen LogP) is 3.97. The Labute approximate surface area is 231 Å². The van der Waals surface area contributed by atoms with E-state index in [1.807, 2.05) is 0 Å². The van der Waals surface area contributed by atoms with Crippen molar-refractivity contribution in [3.8, 4) is 5.75 Å². The number of amides is 3. The molecule has 3 amide bonds. The fourth-order valence-corrected chi connectivity index (χ4v) is 5.12. The van der Waals surface area contributed by atoms with E-state index >= 15 is 0 Å². The number of halogens is 2. The van der Waals surface area contributed by atoms with Gasteiger partial charge in [0, 0.05) is 61.1 Å². The molecule has 0 radical (unpaired) electrons. The van der Waals surface area contributed by atoms with Gasteiger partial charge >= 0.3 is 12.0 Å². The summed E-state index contributed by atoms with van der Waals surface area (Å²) < 4.78 is 10.6. The second kappa shape index (κ2) is 12.1. The molecular weight excluding hydrogens is 531 g/mol. The summed E-state index contributed by atoms with van der Waals surface area (Å²) in [7, 11) is 3.20. The van der Waals surface area contributed by atoms with Crippen molar-refractivity contribution in [2.45, 2.75) is 13.0 Å². The minimum absolute atomic E-state index is 0.0506. The number of ether oxygens (including phenoxy) is 2. The number of hydrogen-bond acceptors (Lipinski definition) is 6. The average molecular weight is 561 g/mol. The van der Waals surface area contributed by atoms with E-state index in [0.717, 1.165) is 0 Å². The van der Waals surface area contributed by atoms with Gasteiger partial charge in [0.15, 0.2) is 0 Å². The second-order valence-corrected chi connectivity index (χ2v) is 9.83. The third kappa shape index (κ3) is 5.90. The summed E-state index contributed by atoms with van der Waals surface area (Å²) in [5.74, 6) is 0.111. The van der Waals surface area contributed by atoms with Crippen molar-refractivity contribution >= 4 is 41.1 Å². The van der Waals surface area contributed by atoms with Crippen LogP contribution in [0.5, 0.6) is 5.75 Å². The van der Waals surface area contributed by atoms with Gasteiger partial charge in [-0.15, -0.1) is 0 Å². The summed E-state index contributed by atoms with van der Waals surface area (Å²) in [6, 6.07) is 10.8. The van der Waals surface area contributed by atoms with Crippen molar-refractivity contribution < 1.29 is 23.9 Å². The van der Waals surface area contributed by atoms with E-state index in [1.165, 1.54) is 4.90 Å². The number of methoxy groups -OCH3 is 1. The first-order valence-corrected chi connectivity index (χ1v) is 13.0. The Bertz CT molecular complexity index is 1240. The largest absolute Gasteiger partial charge is 0.497 e. The van der Waals surface area contributed by atoms with Gasteiger partial charge in [0.2, 0.25) is 0 Å². The molecule has 1 N–H and O–H groups in total. The quantitative estimate of drug-likeness (QED) is 0.515. The van der Waals surface area contributed by atoms with Gasteiger partial charge in [-0.3, -0.25) is 14.6 Å². The SMILES string of the molecule is CCOC(=O)C1=C(CN2CCN(C(=O)c3ccc(OC)cc3)CC2)N(C)C(=O)N[C@H]1c1ccc(Cl)cc1Cl. The Morgan fingerprint density at radius 3 is 2.34 bits per heavy atom. The maximum absolute atomic E-state index is 13.2. The Kier molecular flexibility index (Phi) is 8.81. The van der Waals surface area contributed by atoms with Crippen LogP contribution in [0, 0.1) is 0 Å². The normalized spacial score (nSPS) is 18.3. The lowest BCUT2D eigenvalue weighted by atomic mass is 9.94. The highest BCUT2D eigenvalue weighted by molar-refractivity contribution is 6.35. The molecule has 4 rings (SSSR count). The monoisotopic (exact) mass is 560 g/mol. The molecule has 0 aromatic heterocycles. The zero-order valence-corrected chi connectivity index (χ0v) is 23.0. The highest BCUT2D eigenvalue weighted by Crippen LogP contribution is 2.36. The van der Waals surface area contributed by atoms with Crippen molar-refractivity contribution in [2.24, 2.45) is 0 Å². The van der Waals surface area contributed by atoms with E-state index < -0.39 is 12.0 Å². The molecular formula is C27H30Cl2N4O5. The van der Waals surface area contributed by atoms with E-state index in [-0.39, 0.29) is 18.5 Å². The maximum atomic E-state index is 13.2. The topological polar surface area (TPSA) is 91.4 Å². The van der Waals surface area contributed by atoms with Crippen LogP contribution in [0.2, 0.25) is 10.0 Å². The van der Waals surface area contributed by atoms with Gasteiger partial charge in [-0.2, -0.15) is 0 Å². The second-order valence-electron chi connectivity index (χ2n) is 8.99. The number of nitrogens with one attached hydrogen (secondary N) is 1. The molecule has 202 valence electrons. The molecule has 11 heteroatoms. The third-order valence-electron chi connectivity index (χ3n) is 6.72. The zero-order chi connectivity index (χ0) is 27.4. The number of rotatable bonds is 7. The Morgan fingerprint density at radius 1 is 1.05 bits per heavy atom. The number of carbonyl (C=O) groups is 3. The molecule has 1 fully saturated rings. The molecule has 38 heavy (non-hydrogen) atoms. The number of urea groups is 1. The molecule has 0 aliphatic carbocycles. The molecule has 2 aliphatic heterocycles. The fraction of sp³-hybridized carbons (Fsp3) is 0.370. The zero-order valence-electron chi connectivity index (χ0n) is 21.5. The van der Waals surface area contributed by atoms with Crippen LogP contribution in [0.3, 0.4) is 0 Å². The molecule has 0 bridgehead atoms. The smallest absolute Gasteiger partial charge is 0.338 e. The summed E-state index contributed by atoms with van der Waals surface area (Å²) >= 11 is 12.5. The summed E-state index contributed by atoms with van der Waals surface area (Å²) in [5.41, 5.74) is 1.99. The number of nitrogens with zero attached hydrogens (tertiary/aromatic N) is 3. The molecule has 0 spiro atoms. The molecule has 2 aromatic rings. The van der Waals surface area contributed by atoms with E-state index in [2.05, 4.69) is 10.2 Å². The van der Waals surface area contributed by atoms with Gasteiger partial charge in [0.05, 0.1) is 25.3 Å². The summed E-state index contributed by atoms with van der Waals surface area (Å²) in [6.07, 6.45) is 0. The van der Waals surface area contributed by atoms with E-state index in [1.54, 1.807) is 68.4 Å². The highest BCUT2D eigenvalue weighted by atomic mass is 35.5.